The van der Waals surface area contributed by atoms with E-state index in [2.05, 4.69) is 10.3 Å². The average Bonchev–Trinajstić information content (AvgIpc) is 2.44. The van der Waals surface area contributed by atoms with E-state index in [4.69, 9.17) is 81.2 Å². The molecule has 0 aliphatic rings. The fourth-order valence-electron chi connectivity index (χ4n) is 2.13. The molecule has 0 heterocycles. The molecule has 0 fully saturated rings. The first-order chi connectivity index (χ1) is 11.9. The third-order valence-corrected chi connectivity index (χ3v) is 5.22. The average molecular weight is 502 g/mol. The minimum atomic E-state index is -1.67. The number of rotatable bonds is 6. The zero-order chi connectivity index (χ0) is 20.2. The van der Waals surface area contributed by atoms with Crippen LogP contribution in [0.4, 0.5) is 5.69 Å². The molecule has 146 valence electrons. The van der Waals surface area contributed by atoms with Gasteiger partial charge in [-0.25, -0.2) is 0 Å². The Hall–Kier alpha value is 0.390. The van der Waals surface area contributed by atoms with Gasteiger partial charge in [-0.1, -0.05) is 46.4 Å². The van der Waals surface area contributed by atoms with Crippen LogP contribution in [-0.2, 0) is 0 Å². The van der Waals surface area contributed by atoms with Gasteiger partial charge in [-0.05, 0) is 80.7 Å². The number of hydrogen-bond acceptors (Lipinski definition) is 1. The first-order valence-corrected chi connectivity index (χ1v) is 10.4. The highest BCUT2D eigenvalue weighted by molar-refractivity contribution is 6.76. The van der Waals surface area contributed by atoms with Crippen molar-refractivity contribution in [2.24, 2.45) is 4.99 Å². The van der Waals surface area contributed by atoms with Crippen molar-refractivity contribution in [3.63, 3.8) is 0 Å². The van der Waals surface area contributed by atoms with Crippen LogP contribution in [0, 0.1) is 0 Å². The largest absolute Gasteiger partial charge is 0.374 e. The van der Waals surface area contributed by atoms with Crippen LogP contribution in [0.15, 0.2) is 23.2 Å². The van der Waals surface area contributed by atoms with Crippen LogP contribution >= 0.6 is 81.2 Å². The van der Waals surface area contributed by atoms with E-state index in [1.807, 2.05) is 27.7 Å². The SMILES string of the molecule is CC(C)N=C(Nc1cc(Cl)cc(Cl)c1)C(Cl)(Cl)[N+](=C(Cl)C(Cl)Cl)C(C)C. The highest BCUT2D eigenvalue weighted by atomic mass is 35.5. The molecule has 0 aliphatic heterocycles. The normalized spacial score (nSPS) is 14.3. The summed E-state index contributed by atoms with van der Waals surface area (Å²) in [5.74, 6) is 0.231. The molecule has 0 saturated carbocycles. The van der Waals surface area contributed by atoms with Crippen LogP contribution < -0.4 is 5.32 Å². The van der Waals surface area contributed by atoms with Gasteiger partial charge in [-0.3, -0.25) is 4.99 Å². The Morgan fingerprint density at radius 1 is 1.04 bits per heavy atom. The number of benzene rings is 1. The molecule has 0 amide bonds. The molecule has 1 N–H and O–H groups in total. The van der Waals surface area contributed by atoms with Gasteiger partial charge in [0.05, 0.1) is 0 Å². The zero-order valence-electron chi connectivity index (χ0n) is 14.5. The Morgan fingerprint density at radius 2 is 1.54 bits per heavy atom. The maximum absolute atomic E-state index is 6.69. The van der Waals surface area contributed by atoms with Gasteiger partial charge >= 0.3 is 4.46 Å². The summed E-state index contributed by atoms with van der Waals surface area (Å²) < 4.78 is -0.199. The number of hydrogen-bond donors (Lipinski definition) is 1. The molecule has 0 atom stereocenters. The van der Waals surface area contributed by atoms with Gasteiger partial charge in [0.1, 0.15) is 0 Å². The van der Waals surface area contributed by atoms with E-state index >= 15 is 0 Å². The lowest BCUT2D eigenvalue weighted by Gasteiger charge is -2.25. The van der Waals surface area contributed by atoms with Crippen LogP contribution in [0.25, 0.3) is 0 Å². The van der Waals surface area contributed by atoms with E-state index in [0.717, 1.165) is 0 Å². The van der Waals surface area contributed by atoms with Crippen molar-refractivity contribution in [2.75, 3.05) is 5.32 Å². The summed E-state index contributed by atoms with van der Waals surface area (Å²) in [5.41, 5.74) is 0.570. The number of anilines is 1. The Balaban J connectivity index is 3.49. The van der Waals surface area contributed by atoms with E-state index in [1.165, 1.54) is 4.58 Å². The van der Waals surface area contributed by atoms with Crippen molar-refractivity contribution in [3.8, 4) is 0 Å². The molecule has 0 spiro atoms. The van der Waals surface area contributed by atoms with Gasteiger partial charge in [-0.15, -0.1) is 0 Å². The quantitative estimate of drug-likeness (QED) is 0.144. The summed E-state index contributed by atoms with van der Waals surface area (Å²) in [6.45, 7) is 7.46. The van der Waals surface area contributed by atoms with Crippen molar-refractivity contribution >= 4 is 97.9 Å². The van der Waals surface area contributed by atoms with Crippen LogP contribution in [0.1, 0.15) is 27.7 Å². The lowest BCUT2D eigenvalue weighted by molar-refractivity contribution is -0.572. The van der Waals surface area contributed by atoms with E-state index < -0.39 is 9.29 Å². The number of amidine groups is 1. The summed E-state index contributed by atoms with van der Waals surface area (Å²) in [4.78, 5) is 3.50. The molecule has 1 aromatic carbocycles. The van der Waals surface area contributed by atoms with E-state index in [-0.39, 0.29) is 23.1 Å². The van der Waals surface area contributed by atoms with Crippen molar-refractivity contribution in [1.82, 2.24) is 0 Å². The standard InChI is InChI=1S/C16H19Cl7N3/c1-8(2)24-15(25-12-6-10(17)5-11(18)7-12)16(22,23)26(9(3)4)14(21)13(19)20/h5-9,13H,1-4H3,(H,24,25)/q+1. The van der Waals surface area contributed by atoms with Crippen molar-refractivity contribution < 1.29 is 4.58 Å². The van der Waals surface area contributed by atoms with Gasteiger partial charge in [0.2, 0.25) is 10.7 Å². The molecule has 10 heteroatoms. The molecule has 0 bridgehead atoms. The molecule has 3 nitrogen and oxygen atoms in total. The highest BCUT2D eigenvalue weighted by Gasteiger charge is 2.48. The molecule has 0 unspecified atom stereocenters. The lowest BCUT2D eigenvalue weighted by atomic mass is 10.3. The van der Waals surface area contributed by atoms with Crippen molar-refractivity contribution in [1.29, 1.82) is 0 Å². The van der Waals surface area contributed by atoms with Gasteiger partial charge in [0.25, 0.3) is 5.17 Å². The zero-order valence-corrected chi connectivity index (χ0v) is 19.8. The summed E-state index contributed by atoms with van der Waals surface area (Å²) in [6, 6.07) is 4.62. The predicted octanol–water partition coefficient (Wildman–Crippen LogP) is 7.21. The predicted molar refractivity (Wildman–Crippen MR) is 119 cm³/mol. The Bertz CT molecular complexity index is 677. The second-order valence-electron chi connectivity index (χ2n) is 5.98. The van der Waals surface area contributed by atoms with Crippen LogP contribution in [0.5, 0.6) is 0 Å². The lowest BCUT2D eigenvalue weighted by Crippen LogP contribution is -2.49. The third-order valence-electron chi connectivity index (χ3n) is 3.03. The monoisotopic (exact) mass is 498 g/mol. The molecule has 0 aromatic heterocycles. The maximum atomic E-state index is 6.69. The molecule has 0 radical (unpaired) electrons. The van der Waals surface area contributed by atoms with Gasteiger partial charge < -0.3 is 5.32 Å². The molecule has 1 rings (SSSR count). The van der Waals surface area contributed by atoms with E-state index in [0.29, 0.717) is 15.7 Å². The fourth-order valence-corrected chi connectivity index (χ4v) is 4.04. The number of nitrogens with zero attached hydrogens (tertiary/aromatic N) is 2. The Kier molecular flexibility index (Phi) is 9.63. The summed E-state index contributed by atoms with van der Waals surface area (Å²) in [7, 11) is 0. The topological polar surface area (TPSA) is 27.4 Å². The van der Waals surface area contributed by atoms with Crippen molar-refractivity contribution in [3.05, 3.63) is 28.2 Å². The minimum absolute atomic E-state index is 0.0794. The van der Waals surface area contributed by atoms with Gasteiger partial charge in [0, 0.05) is 21.8 Å². The second kappa shape index (κ2) is 10.2. The summed E-state index contributed by atoms with van der Waals surface area (Å²) in [6.07, 6.45) is 0. The Labute approximate surface area is 189 Å². The molecular formula is C16H19Cl7N3+. The molecular weight excluding hydrogens is 482 g/mol. The van der Waals surface area contributed by atoms with Gasteiger partial charge in [0.15, 0.2) is 6.04 Å². The highest BCUT2D eigenvalue weighted by Crippen LogP contribution is 2.31. The van der Waals surface area contributed by atoms with Crippen molar-refractivity contribution in [2.45, 2.75) is 49.1 Å². The second-order valence-corrected chi connectivity index (χ2v) is 9.63. The third kappa shape index (κ3) is 6.77. The molecule has 26 heavy (non-hydrogen) atoms. The molecule has 0 aliphatic carbocycles. The summed E-state index contributed by atoms with van der Waals surface area (Å²) in [5, 5.41) is 4.06. The number of aliphatic imine (C=N–C) groups is 1. The van der Waals surface area contributed by atoms with Gasteiger partial charge in [-0.2, -0.15) is 4.58 Å². The van der Waals surface area contributed by atoms with Crippen LogP contribution in [0.3, 0.4) is 0 Å². The van der Waals surface area contributed by atoms with Crippen LogP contribution in [-0.4, -0.2) is 37.0 Å². The molecule has 0 saturated heterocycles. The van der Waals surface area contributed by atoms with E-state index in [1.54, 1.807) is 18.2 Å². The van der Waals surface area contributed by atoms with E-state index in [9.17, 15) is 0 Å². The van der Waals surface area contributed by atoms with Crippen LogP contribution in [0.2, 0.25) is 10.0 Å². The number of nitrogens with one attached hydrogen (secondary N) is 1. The first kappa shape index (κ1) is 24.4. The maximum Gasteiger partial charge on any atom is 0.374 e. The first-order valence-electron chi connectivity index (χ1n) is 7.65. The summed E-state index contributed by atoms with van der Waals surface area (Å²) >= 11 is 43.6. The fraction of sp³-hybridized carbons (Fsp3) is 0.500. The number of alkyl halides is 4. The smallest absolute Gasteiger partial charge is 0.336 e. The Morgan fingerprint density at radius 3 is 1.92 bits per heavy atom. The number of halogens is 7. The molecule has 1 aromatic rings. The minimum Gasteiger partial charge on any atom is -0.336 e.